The summed E-state index contributed by atoms with van der Waals surface area (Å²) in [5.74, 6) is -0.327. The first kappa shape index (κ1) is 18.7. The number of hydrogen-bond donors (Lipinski definition) is 2. The quantitative estimate of drug-likeness (QED) is 0.314. The Kier molecular flexibility index (Phi) is 10.3. The molecule has 0 saturated carbocycles. The van der Waals surface area contributed by atoms with Crippen molar-refractivity contribution in [2.45, 2.75) is 25.7 Å². The van der Waals surface area contributed by atoms with Crippen LogP contribution >= 0.6 is 0 Å². The summed E-state index contributed by atoms with van der Waals surface area (Å²) >= 11 is 0. The summed E-state index contributed by atoms with van der Waals surface area (Å²) in [6.45, 7) is 1.98. The zero-order chi connectivity index (χ0) is 13.4. The number of rotatable bonds is 7. The van der Waals surface area contributed by atoms with Crippen molar-refractivity contribution in [2.24, 2.45) is 0 Å². The van der Waals surface area contributed by atoms with E-state index in [2.05, 4.69) is 15.6 Å². The molecule has 0 aliphatic heterocycles. The number of nitrogens with zero attached hydrogens (tertiary/aromatic N) is 1. The molecule has 19 heavy (non-hydrogen) atoms. The van der Waals surface area contributed by atoms with Crippen LogP contribution in [0.3, 0.4) is 0 Å². The van der Waals surface area contributed by atoms with Gasteiger partial charge in [-0.1, -0.05) is 6.07 Å². The summed E-state index contributed by atoms with van der Waals surface area (Å²) in [5, 5.41) is 4.76. The minimum absolute atomic E-state index is 0. The van der Waals surface area contributed by atoms with Crippen molar-refractivity contribution < 1.29 is 65.7 Å². The number of aromatic nitrogens is 1. The van der Waals surface area contributed by atoms with Gasteiger partial charge in [-0.2, -0.15) is 6.41 Å². The molecule has 0 saturated heterocycles. The van der Waals surface area contributed by atoms with E-state index < -0.39 is 12.1 Å². The first-order valence-corrected chi connectivity index (χ1v) is 5.54. The van der Waals surface area contributed by atoms with E-state index in [9.17, 15) is 9.59 Å². The first-order valence-electron chi connectivity index (χ1n) is 5.54. The Morgan fingerprint density at radius 2 is 2.26 bits per heavy atom. The minimum Gasteiger partial charge on any atom is -0.520 e. The van der Waals surface area contributed by atoms with E-state index in [-0.39, 0.29) is 63.9 Å². The maximum atomic E-state index is 11.5. The van der Waals surface area contributed by atoms with Crippen LogP contribution in [0.15, 0.2) is 24.4 Å². The van der Waals surface area contributed by atoms with Gasteiger partial charge in [0, 0.05) is 13.2 Å². The van der Waals surface area contributed by atoms with Crippen molar-refractivity contribution in [1.29, 1.82) is 0 Å². The zero-order valence-electron chi connectivity index (χ0n) is 11.3. The van der Waals surface area contributed by atoms with Crippen LogP contribution in [-0.4, -0.2) is 36.5 Å². The fourth-order valence-electron chi connectivity index (χ4n) is 1.41. The van der Waals surface area contributed by atoms with E-state index in [1.54, 1.807) is 13.1 Å². The Bertz CT molecular complexity index is 389. The molecule has 6 nitrogen and oxygen atoms in total. The summed E-state index contributed by atoms with van der Waals surface area (Å²) < 4.78 is 5.50. The van der Waals surface area contributed by atoms with Crippen LogP contribution in [0.1, 0.15) is 12.6 Å². The molecular formula is C12H16KN3O3. The summed E-state index contributed by atoms with van der Waals surface area (Å²) in [6.07, 6.45) is 2.69. The molecule has 2 unspecified atom stereocenters. The van der Waals surface area contributed by atoms with E-state index in [1.165, 1.54) is 13.5 Å². The van der Waals surface area contributed by atoms with Crippen molar-refractivity contribution in [3.05, 3.63) is 30.1 Å². The van der Waals surface area contributed by atoms with Crippen LogP contribution in [0, 0.1) is 0 Å². The second kappa shape index (κ2) is 10.5. The molecule has 0 radical (unpaired) electrons. The minimum atomic E-state index is -0.767. The number of pyridine rings is 1. The standard InChI is InChI=1S/C12H16N3O3.K/c1-9(11(15-8-16)12(17)13-2)18-7-10-5-3-4-6-14-10;/h3-6,9,11H,7H2,1-2H3,(H,13,17)(H,15,16);/q-1;+1. The average molecular weight is 289 g/mol. The molecule has 2 amide bonds. The second-order valence-corrected chi connectivity index (χ2v) is 3.68. The molecule has 0 aromatic carbocycles. The summed E-state index contributed by atoms with van der Waals surface area (Å²) in [6, 6.07) is 4.71. The SMILES string of the molecule is CNC(=O)C(N[C-]=O)C(C)OCc1ccccn1.[K+]. The Morgan fingerprint density at radius 1 is 1.53 bits per heavy atom. The molecule has 0 aliphatic carbocycles. The molecule has 2 atom stereocenters. The van der Waals surface area contributed by atoms with Gasteiger partial charge in [0.2, 0.25) is 5.91 Å². The Hall–Kier alpha value is -0.314. The maximum Gasteiger partial charge on any atom is 1.00 e. The third-order valence-corrected chi connectivity index (χ3v) is 2.43. The maximum absolute atomic E-state index is 11.5. The molecule has 1 rings (SSSR count). The van der Waals surface area contributed by atoms with Crippen molar-refractivity contribution in [3.63, 3.8) is 0 Å². The van der Waals surface area contributed by atoms with Crippen LogP contribution < -0.4 is 62.0 Å². The van der Waals surface area contributed by atoms with Crippen molar-refractivity contribution >= 4 is 12.3 Å². The number of nitrogens with one attached hydrogen (secondary N) is 2. The normalized spacial score (nSPS) is 12.7. The van der Waals surface area contributed by atoms with Gasteiger partial charge in [0.05, 0.1) is 18.4 Å². The number of amides is 2. The van der Waals surface area contributed by atoms with Crippen molar-refractivity contribution in [1.82, 2.24) is 15.6 Å². The molecule has 0 spiro atoms. The van der Waals surface area contributed by atoms with E-state index in [0.717, 1.165) is 5.69 Å². The molecule has 7 heteroatoms. The molecule has 2 N–H and O–H groups in total. The summed E-state index contributed by atoms with van der Waals surface area (Å²) in [7, 11) is 1.49. The van der Waals surface area contributed by atoms with Crippen LogP contribution in [0.4, 0.5) is 0 Å². The van der Waals surface area contributed by atoms with Gasteiger partial charge < -0.3 is 20.2 Å². The third kappa shape index (κ3) is 6.60. The van der Waals surface area contributed by atoms with E-state index >= 15 is 0 Å². The summed E-state index contributed by atoms with van der Waals surface area (Å²) in [5.41, 5.74) is 0.759. The first-order chi connectivity index (χ1) is 8.69. The number of carbonyl (C=O) groups excluding carboxylic acids is 2. The Balaban J connectivity index is 0.00000324. The van der Waals surface area contributed by atoms with Gasteiger partial charge in [-0.15, -0.1) is 0 Å². The largest absolute Gasteiger partial charge is 1.00 e. The second-order valence-electron chi connectivity index (χ2n) is 3.68. The Labute approximate surface area is 155 Å². The molecule has 0 fully saturated rings. The van der Waals surface area contributed by atoms with Gasteiger partial charge in [-0.3, -0.25) is 9.78 Å². The number of ether oxygens (including phenoxy) is 1. The van der Waals surface area contributed by atoms with E-state index in [1.807, 2.05) is 18.2 Å². The topological polar surface area (TPSA) is 80.3 Å². The molecule has 0 bridgehead atoms. The van der Waals surface area contributed by atoms with Crippen LogP contribution in [0.2, 0.25) is 0 Å². The van der Waals surface area contributed by atoms with Gasteiger partial charge in [0.15, 0.2) is 0 Å². The van der Waals surface area contributed by atoms with Gasteiger partial charge in [-0.25, -0.2) is 0 Å². The molecular weight excluding hydrogens is 273 g/mol. The third-order valence-electron chi connectivity index (χ3n) is 2.43. The Morgan fingerprint density at radius 3 is 2.79 bits per heavy atom. The fourth-order valence-corrected chi connectivity index (χ4v) is 1.41. The number of carbonyl (C=O) groups is 1. The average Bonchev–Trinajstić information content (AvgIpc) is 2.42. The van der Waals surface area contributed by atoms with Crippen molar-refractivity contribution in [2.75, 3.05) is 7.05 Å². The van der Waals surface area contributed by atoms with Crippen LogP contribution in [0.5, 0.6) is 0 Å². The monoisotopic (exact) mass is 289 g/mol. The number of likely N-dealkylation sites (N-methyl/N-ethyl adjacent to an activating group) is 1. The van der Waals surface area contributed by atoms with Gasteiger partial charge >= 0.3 is 51.4 Å². The van der Waals surface area contributed by atoms with Gasteiger partial charge in [0.25, 0.3) is 0 Å². The molecule has 98 valence electrons. The zero-order valence-corrected chi connectivity index (χ0v) is 14.5. The fraction of sp³-hybridized carbons (Fsp3) is 0.417. The van der Waals surface area contributed by atoms with Gasteiger partial charge in [-0.05, 0) is 19.1 Å². The smallest absolute Gasteiger partial charge is 0.520 e. The predicted molar refractivity (Wildman–Crippen MR) is 65.2 cm³/mol. The van der Waals surface area contributed by atoms with E-state index in [4.69, 9.17) is 4.74 Å². The molecule has 1 heterocycles. The summed E-state index contributed by atoms with van der Waals surface area (Å²) in [4.78, 5) is 25.9. The molecule has 1 aromatic rings. The predicted octanol–water partition coefficient (Wildman–Crippen LogP) is -3.24. The number of hydrogen-bond acceptors (Lipinski definition) is 4. The van der Waals surface area contributed by atoms with E-state index in [0.29, 0.717) is 0 Å². The van der Waals surface area contributed by atoms with Crippen LogP contribution in [0.25, 0.3) is 0 Å². The van der Waals surface area contributed by atoms with Gasteiger partial charge in [0.1, 0.15) is 6.04 Å². The van der Waals surface area contributed by atoms with Crippen molar-refractivity contribution in [3.8, 4) is 0 Å². The molecule has 0 aliphatic rings. The molecule has 1 aromatic heterocycles. The van der Waals surface area contributed by atoms with Crippen LogP contribution in [-0.2, 0) is 20.9 Å².